The van der Waals surface area contributed by atoms with Crippen LogP contribution in [-0.4, -0.2) is 55.5 Å². The van der Waals surface area contributed by atoms with Crippen molar-refractivity contribution < 1.29 is 4.58 Å². The van der Waals surface area contributed by atoms with Crippen molar-refractivity contribution in [2.45, 2.75) is 0 Å². The average molecular weight is 269 g/mol. The van der Waals surface area contributed by atoms with Gasteiger partial charge in [-0.25, -0.2) is 4.58 Å². The number of pyridine rings is 1. The second-order valence-electron chi connectivity index (χ2n) is 5.22. The number of piperazine rings is 1. The van der Waals surface area contributed by atoms with Crippen LogP contribution in [0.15, 0.2) is 36.6 Å². The van der Waals surface area contributed by atoms with Crippen molar-refractivity contribution in [1.82, 2.24) is 10.3 Å². The van der Waals surface area contributed by atoms with Crippen LogP contribution in [0.2, 0.25) is 0 Å². The number of anilines is 1. The molecule has 0 amide bonds. The first-order chi connectivity index (χ1) is 9.84. The maximum absolute atomic E-state index is 4.62. The van der Waals surface area contributed by atoms with Crippen LogP contribution in [0.3, 0.4) is 0 Å². The highest BCUT2D eigenvalue weighted by Gasteiger charge is 2.16. The first-order valence-corrected chi connectivity index (χ1v) is 7.17. The number of rotatable bonds is 2. The van der Waals surface area contributed by atoms with E-state index in [0.717, 1.165) is 38.4 Å². The van der Waals surface area contributed by atoms with Crippen LogP contribution < -0.4 is 10.2 Å². The monoisotopic (exact) mass is 269 g/mol. The molecule has 0 saturated carbocycles. The van der Waals surface area contributed by atoms with Gasteiger partial charge in [0.05, 0.1) is 11.4 Å². The van der Waals surface area contributed by atoms with Crippen LogP contribution in [0.1, 0.15) is 5.69 Å². The van der Waals surface area contributed by atoms with Gasteiger partial charge in [-0.05, 0) is 18.2 Å². The summed E-state index contributed by atoms with van der Waals surface area (Å²) in [5, 5.41) is 3.40. The molecule has 2 aliphatic heterocycles. The Hall–Kier alpha value is -1.94. The van der Waals surface area contributed by atoms with E-state index in [0.29, 0.717) is 0 Å². The van der Waals surface area contributed by atoms with Crippen molar-refractivity contribution in [3.63, 3.8) is 0 Å². The molecule has 3 rings (SSSR count). The van der Waals surface area contributed by atoms with Gasteiger partial charge < -0.3 is 10.2 Å². The molecular weight excluding hydrogens is 248 g/mol. The average Bonchev–Trinajstić information content (AvgIpc) is 2.73. The summed E-state index contributed by atoms with van der Waals surface area (Å²) in [6.07, 6.45) is 10.5. The third-order valence-corrected chi connectivity index (χ3v) is 3.72. The Bertz CT molecular complexity index is 566. The Morgan fingerprint density at radius 3 is 3.00 bits per heavy atom. The quantitative estimate of drug-likeness (QED) is 0.817. The molecule has 0 aromatic carbocycles. The molecule has 0 bridgehead atoms. The zero-order chi connectivity index (χ0) is 13.8. The summed E-state index contributed by atoms with van der Waals surface area (Å²) in [7, 11) is 2.08. The molecule has 4 heteroatoms. The van der Waals surface area contributed by atoms with E-state index in [-0.39, 0.29) is 0 Å². The molecule has 0 radical (unpaired) electrons. The summed E-state index contributed by atoms with van der Waals surface area (Å²) in [6, 6.07) is 4.20. The zero-order valence-electron chi connectivity index (χ0n) is 11.9. The topological polar surface area (TPSA) is 31.2 Å². The molecule has 3 heterocycles. The van der Waals surface area contributed by atoms with E-state index in [4.69, 9.17) is 0 Å². The van der Waals surface area contributed by atoms with Gasteiger partial charge in [0.2, 0.25) is 0 Å². The van der Waals surface area contributed by atoms with Gasteiger partial charge in [0.15, 0.2) is 12.8 Å². The Labute approximate surface area is 120 Å². The lowest BCUT2D eigenvalue weighted by atomic mass is 10.1. The van der Waals surface area contributed by atoms with Crippen molar-refractivity contribution in [2.75, 3.05) is 44.7 Å². The molecule has 104 valence electrons. The molecule has 1 saturated heterocycles. The van der Waals surface area contributed by atoms with E-state index < -0.39 is 0 Å². The highest BCUT2D eigenvalue weighted by atomic mass is 15.2. The molecule has 20 heavy (non-hydrogen) atoms. The normalized spacial score (nSPS) is 19.4. The maximum atomic E-state index is 4.62. The van der Waals surface area contributed by atoms with Gasteiger partial charge >= 0.3 is 0 Å². The number of hydrogen-bond acceptors (Lipinski definition) is 3. The minimum Gasteiger partial charge on any atom is -0.367 e. The lowest BCUT2D eigenvalue weighted by molar-refractivity contribution is -0.480. The van der Waals surface area contributed by atoms with E-state index >= 15 is 0 Å². The van der Waals surface area contributed by atoms with Crippen LogP contribution in [0.25, 0.3) is 5.57 Å². The van der Waals surface area contributed by atoms with E-state index in [2.05, 4.69) is 57.3 Å². The summed E-state index contributed by atoms with van der Waals surface area (Å²) in [5.74, 6) is 0. The van der Waals surface area contributed by atoms with Gasteiger partial charge in [0, 0.05) is 44.0 Å². The minimum atomic E-state index is 0.940. The highest BCUT2D eigenvalue weighted by molar-refractivity contribution is 5.89. The van der Waals surface area contributed by atoms with E-state index in [1.54, 1.807) is 0 Å². The van der Waals surface area contributed by atoms with Crippen LogP contribution in [-0.2, 0) is 0 Å². The summed E-state index contributed by atoms with van der Waals surface area (Å²) in [5.41, 5.74) is 3.50. The summed E-state index contributed by atoms with van der Waals surface area (Å²) in [6.45, 7) is 5.10. The molecule has 1 aromatic heterocycles. The van der Waals surface area contributed by atoms with Gasteiger partial charge in [-0.1, -0.05) is 6.08 Å². The van der Waals surface area contributed by atoms with Crippen LogP contribution in [0.5, 0.6) is 0 Å². The zero-order valence-corrected chi connectivity index (χ0v) is 11.9. The van der Waals surface area contributed by atoms with E-state index in [9.17, 15) is 0 Å². The maximum Gasteiger partial charge on any atom is 0.164 e. The number of aromatic nitrogens is 1. The van der Waals surface area contributed by atoms with Gasteiger partial charge in [-0.15, -0.1) is 0 Å². The summed E-state index contributed by atoms with van der Waals surface area (Å²) >= 11 is 0. The van der Waals surface area contributed by atoms with Crippen molar-refractivity contribution in [3.05, 3.63) is 42.3 Å². The van der Waals surface area contributed by atoms with Gasteiger partial charge in [-0.2, -0.15) is 0 Å². The van der Waals surface area contributed by atoms with Crippen molar-refractivity contribution in [3.8, 4) is 0 Å². The lowest BCUT2D eigenvalue weighted by Crippen LogP contribution is -2.43. The van der Waals surface area contributed by atoms with Crippen LogP contribution in [0.4, 0.5) is 5.69 Å². The SMILES string of the molecule is C[N+]1=CC=C(c2ncccc2N2CCNCC2)C=CC1. The summed E-state index contributed by atoms with van der Waals surface area (Å²) < 4.78 is 2.16. The van der Waals surface area contributed by atoms with Gasteiger partial charge in [0.25, 0.3) is 0 Å². The Balaban J connectivity index is 1.97. The standard InChI is InChI=1S/C16H21N4/c1-19-10-3-4-14(6-11-19)16-15(5-2-7-18-16)20-12-8-17-9-13-20/h2-7,11,17H,8-10,12-13H2,1H3/q+1. The predicted octanol–water partition coefficient (Wildman–Crippen LogP) is 1.16. The molecule has 0 aliphatic carbocycles. The molecule has 1 fully saturated rings. The van der Waals surface area contributed by atoms with Gasteiger partial charge in [0.1, 0.15) is 7.05 Å². The Morgan fingerprint density at radius 1 is 1.30 bits per heavy atom. The highest BCUT2D eigenvalue weighted by Crippen LogP contribution is 2.26. The molecule has 0 spiro atoms. The summed E-state index contributed by atoms with van der Waals surface area (Å²) in [4.78, 5) is 7.04. The minimum absolute atomic E-state index is 0.940. The number of nitrogens with zero attached hydrogens (tertiary/aromatic N) is 3. The first-order valence-electron chi connectivity index (χ1n) is 7.17. The molecule has 0 atom stereocenters. The van der Waals surface area contributed by atoms with E-state index in [1.165, 1.54) is 11.3 Å². The second-order valence-corrected chi connectivity index (χ2v) is 5.22. The lowest BCUT2D eigenvalue weighted by Gasteiger charge is -2.30. The number of hydrogen-bond donors (Lipinski definition) is 1. The number of allylic oxidation sites excluding steroid dienone is 3. The fourth-order valence-electron chi connectivity index (χ4n) is 2.61. The number of likely N-dealkylation sites (N-methyl/N-ethyl adjacent to an activating group) is 1. The second kappa shape index (κ2) is 6.01. The first kappa shape index (κ1) is 13.1. The molecule has 4 nitrogen and oxygen atoms in total. The van der Waals surface area contributed by atoms with E-state index in [1.807, 2.05) is 12.3 Å². The predicted molar refractivity (Wildman–Crippen MR) is 83.6 cm³/mol. The molecule has 1 N–H and O–H groups in total. The third kappa shape index (κ3) is 2.80. The smallest absolute Gasteiger partial charge is 0.164 e. The Kier molecular flexibility index (Phi) is 3.92. The molecule has 1 aromatic rings. The van der Waals surface area contributed by atoms with Crippen LogP contribution in [0, 0.1) is 0 Å². The molecule has 0 unspecified atom stereocenters. The van der Waals surface area contributed by atoms with Crippen molar-refractivity contribution >= 4 is 17.5 Å². The van der Waals surface area contributed by atoms with Crippen molar-refractivity contribution in [1.29, 1.82) is 0 Å². The Morgan fingerprint density at radius 2 is 2.15 bits per heavy atom. The number of nitrogens with one attached hydrogen (secondary N) is 1. The van der Waals surface area contributed by atoms with Crippen LogP contribution >= 0.6 is 0 Å². The largest absolute Gasteiger partial charge is 0.367 e. The van der Waals surface area contributed by atoms with Gasteiger partial charge in [-0.3, -0.25) is 4.98 Å². The fraction of sp³-hybridized carbons (Fsp3) is 0.375. The molecule has 2 aliphatic rings. The molecular formula is C16H21N4+. The third-order valence-electron chi connectivity index (χ3n) is 3.72. The fourth-order valence-corrected chi connectivity index (χ4v) is 2.61. The van der Waals surface area contributed by atoms with Crippen molar-refractivity contribution in [2.24, 2.45) is 0 Å².